The first kappa shape index (κ1) is 40.8. The van der Waals surface area contributed by atoms with Crippen LogP contribution in [0.25, 0.3) is 22.2 Å². The largest absolute Gasteiger partial charge is 0.392 e. The van der Waals surface area contributed by atoms with Crippen LogP contribution in [-0.2, 0) is 27.4 Å². The minimum atomic E-state index is -0.624. The number of ether oxygens (including phenoxy) is 2. The van der Waals surface area contributed by atoms with Gasteiger partial charge in [0.15, 0.2) is 6.29 Å². The second kappa shape index (κ2) is 17.7. The molecule has 3 aliphatic rings. The van der Waals surface area contributed by atoms with Gasteiger partial charge in [0.1, 0.15) is 5.69 Å². The number of piperidine rings is 1. The number of hydrogen-bond donors (Lipinski definition) is 3. The van der Waals surface area contributed by atoms with Crippen molar-refractivity contribution in [3.05, 3.63) is 131 Å². The number of carbonyl (C=O) groups is 2. The summed E-state index contributed by atoms with van der Waals surface area (Å²) >= 11 is 0. The maximum atomic E-state index is 13.9. The molecular formula is C49H57N5O5. The zero-order chi connectivity index (χ0) is 41.1. The lowest BCUT2D eigenvalue weighted by Gasteiger charge is -2.51. The second-order valence-electron chi connectivity index (χ2n) is 17.7. The van der Waals surface area contributed by atoms with Crippen LogP contribution in [0.15, 0.2) is 103 Å². The molecule has 1 aliphatic carbocycles. The Kier molecular flexibility index (Phi) is 12.2. The van der Waals surface area contributed by atoms with E-state index in [0.29, 0.717) is 30.6 Å². The standard InChI is InChI=1S/C49H57N5O5/c1-31-44(29-54-42-15-8-5-11-35(42)24-25-43(54)47(57)53-49(2,3)4)58-48(59-45(31)36-18-16-32(30-55)17-19-36)37-22-20-34(21-23-37)38-12-9-10-33(26-38)27-51-46(56)41-28-50-39-13-6-7-14-40(39)52-41/h6-7,9-10,12-14,16-23,26,28,31,35,42-45,48,55H,5,8,11,15,24-25,27,29-30H2,1-4H3,(H,51,56)(H,53,57)/t31-,35+,42+,43+,44+,45+,48+/m0/s1. The van der Waals surface area contributed by atoms with E-state index in [4.69, 9.17) is 9.47 Å². The molecule has 8 rings (SSSR count). The van der Waals surface area contributed by atoms with Crippen molar-refractivity contribution >= 4 is 22.8 Å². The van der Waals surface area contributed by atoms with Crippen LogP contribution in [0.2, 0.25) is 0 Å². The summed E-state index contributed by atoms with van der Waals surface area (Å²) in [6.45, 7) is 9.32. The zero-order valence-electron chi connectivity index (χ0n) is 34.6. The SMILES string of the molecule is C[C@H]1[C@@H](CN2[C@@H](C(=O)NC(C)(C)C)CC[C@H]3CCCC[C@H]32)O[C@@H](c2ccc(-c3cccc(CNC(=O)c4cnc5ccccc5n4)c3)cc2)O[C@H]1c1ccc(CO)cc1. The highest BCUT2D eigenvalue weighted by Gasteiger charge is 2.46. The van der Waals surface area contributed by atoms with Crippen molar-refractivity contribution in [3.63, 3.8) is 0 Å². The molecule has 2 saturated heterocycles. The third kappa shape index (κ3) is 9.42. The fourth-order valence-electron chi connectivity index (χ4n) is 9.30. The van der Waals surface area contributed by atoms with Crippen molar-refractivity contribution in [2.45, 2.75) is 115 Å². The Bertz CT molecular complexity index is 2240. The van der Waals surface area contributed by atoms with E-state index in [0.717, 1.165) is 58.2 Å². The summed E-state index contributed by atoms with van der Waals surface area (Å²) in [5, 5.41) is 16.1. The third-order valence-electron chi connectivity index (χ3n) is 12.4. The molecule has 3 fully saturated rings. The molecule has 0 radical (unpaired) electrons. The minimum Gasteiger partial charge on any atom is -0.392 e. The molecule has 59 heavy (non-hydrogen) atoms. The van der Waals surface area contributed by atoms with E-state index >= 15 is 0 Å². The molecule has 0 spiro atoms. The van der Waals surface area contributed by atoms with Gasteiger partial charge in [-0.25, -0.2) is 4.98 Å². The number of aliphatic hydroxyl groups is 1. The van der Waals surface area contributed by atoms with Gasteiger partial charge in [0.2, 0.25) is 5.91 Å². The molecule has 2 aliphatic heterocycles. The number of likely N-dealkylation sites (tertiary alicyclic amines) is 1. The van der Waals surface area contributed by atoms with Crippen LogP contribution >= 0.6 is 0 Å². The average molecular weight is 796 g/mol. The maximum Gasteiger partial charge on any atom is 0.271 e. The minimum absolute atomic E-state index is 0.00249. The number of fused-ring (bicyclic) bond motifs is 2. The summed E-state index contributed by atoms with van der Waals surface area (Å²) < 4.78 is 13.8. The predicted molar refractivity (Wildman–Crippen MR) is 229 cm³/mol. The van der Waals surface area contributed by atoms with Crippen molar-refractivity contribution in [1.29, 1.82) is 0 Å². The van der Waals surface area contributed by atoms with E-state index in [1.165, 1.54) is 25.5 Å². The van der Waals surface area contributed by atoms with Crippen molar-refractivity contribution in [2.24, 2.45) is 11.8 Å². The number of nitrogens with zero attached hydrogens (tertiary/aromatic N) is 3. The maximum absolute atomic E-state index is 13.9. The highest BCUT2D eigenvalue weighted by molar-refractivity contribution is 5.93. The van der Waals surface area contributed by atoms with Gasteiger partial charge >= 0.3 is 0 Å². The Hall–Kier alpha value is -5.00. The van der Waals surface area contributed by atoms with E-state index in [1.54, 1.807) is 0 Å². The highest BCUT2D eigenvalue weighted by Crippen LogP contribution is 2.44. The summed E-state index contributed by atoms with van der Waals surface area (Å²) in [5.41, 5.74) is 7.23. The van der Waals surface area contributed by atoms with Gasteiger partial charge < -0.3 is 25.2 Å². The molecule has 0 unspecified atom stereocenters. The first-order chi connectivity index (χ1) is 28.5. The monoisotopic (exact) mass is 795 g/mol. The van der Waals surface area contributed by atoms with Crippen molar-refractivity contribution in [3.8, 4) is 11.1 Å². The topological polar surface area (TPSA) is 126 Å². The van der Waals surface area contributed by atoms with Gasteiger partial charge in [0, 0.05) is 36.2 Å². The quantitative estimate of drug-likeness (QED) is 0.129. The van der Waals surface area contributed by atoms with Crippen molar-refractivity contribution < 1.29 is 24.2 Å². The number of aliphatic hydroxyl groups excluding tert-OH is 1. The second-order valence-corrected chi connectivity index (χ2v) is 17.7. The van der Waals surface area contributed by atoms with Crippen LogP contribution in [0, 0.1) is 11.8 Å². The molecule has 308 valence electrons. The van der Waals surface area contributed by atoms with Crippen LogP contribution in [-0.4, -0.2) is 62.1 Å². The Morgan fingerprint density at radius 2 is 1.56 bits per heavy atom. The average Bonchev–Trinajstić information content (AvgIpc) is 3.25. The summed E-state index contributed by atoms with van der Waals surface area (Å²) in [5.74, 6) is 0.423. The summed E-state index contributed by atoms with van der Waals surface area (Å²) in [7, 11) is 0. The number of hydrogen-bond acceptors (Lipinski definition) is 8. The van der Waals surface area contributed by atoms with Gasteiger partial charge in [-0.2, -0.15) is 0 Å². The first-order valence-corrected chi connectivity index (χ1v) is 21.3. The van der Waals surface area contributed by atoms with E-state index in [2.05, 4.69) is 81.0 Å². The van der Waals surface area contributed by atoms with Crippen molar-refractivity contribution in [1.82, 2.24) is 25.5 Å². The fourth-order valence-corrected chi connectivity index (χ4v) is 9.30. The van der Waals surface area contributed by atoms with Crippen LogP contribution < -0.4 is 10.6 Å². The molecule has 4 aromatic carbocycles. The molecule has 3 N–H and O–H groups in total. The van der Waals surface area contributed by atoms with Gasteiger partial charge in [-0.1, -0.05) is 98.6 Å². The normalized spacial score (nSPS) is 24.9. The van der Waals surface area contributed by atoms with Gasteiger partial charge in [0.05, 0.1) is 42.1 Å². The molecule has 10 nitrogen and oxygen atoms in total. The molecule has 2 amide bonds. The van der Waals surface area contributed by atoms with Crippen LogP contribution in [0.3, 0.4) is 0 Å². The number of amides is 2. The molecule has 1 saturated carbocycles. The lowest BCUT2D eigenvalue weighted by atomic mass is 9.75. The number of benzene rings is 4. The van der Waals surface area contributed by atoms with E-state index in [-0.39, 0.29) is 53.8 Å². The Morgan fingerprint density at radius 1 is 0.814 bits per heavy atom. The number of carbonyl (C=O) groups excluding carboxylic acids is 2. The molecule has 0 bridgehead atoms. The van der Waals surface area contributed by atoms with Gasteiger partial charge in [-0.05, 0) is 98.4 Å². The van der Waals surface area contributed by atoms with Crippen LogP contribution in [0.4, 0.5) is 0 Å². The smallest absolute Gasteiger partial charge is 0.271 e. The van der Waals surface area contributed by atoms with E-state index < -0.39 is 6.29 Å². The molecule has 1 aromatic heterocycles. The number of nitrogens with one attached hydrogen (secondary N) is 2. The van der Waals surface area contributed by atoms with E-state index in [1.807, 2.05) is 69.3 Å². The Morgan fingerprint density at radius 3 is 2.32 bits per heavy atom. The lowest BCUT2D eigenvalue weighted by molar-refractivity contribution is -0.278. The molecular weight excluding hydrogens is 739 g/mol. The van der Waals surface area contributed by atoms with Crippen LogP contribution in [0.5, 0.6) is 0 Å². The Labute approximate surface area is 347 Å². The number of para-hydroxylation sites is 2. The summed E-state index contributed by atoms with van der Waals surface area (Å²) in [6.07, 6.45) is 7.12. The lowest BCUT2D eigenvalue weighted by Crippen LogP contribution is -2.61. The molecule has 3 heterocycles. The van der Waals surface area contributed by atoms with E-state index in [9.17, 15) is 14.7 Å². The van der Waals surface area contributed by atoms with Crippen molar-refractivity contribution in [2.75, 3.05) is 6.54 Å². The zero-order valence-corrected chi connectivity index (χ0v) is 34.6. The molecule has 10 heteroatoms. The number of rotatable bonds is 10. The summed E-state index contributed by atoms with van der Waals surface area (Å²) in [6, 6.07) is 32.1. The van der Waals surface area contributed by atoms with Gasteiger partial charge in [-0.3, -0.25) is 19.5 Å². The first-order valence-electron chi connectivity index (χ1n) is 21.3. The highest BCUT2D eigenvalue weighted by atomic mass is 16.7. The van der Waals surface area contributed by atoms with Gasteiger partial charge in [-0.15, -0.1) is 0 Å². The fraction of sp³-hybridized carbons (Fsp3) is 0.429. The van der Waals surface area contributed by atoms with Gasteiger partial charge in [0.25, 0.3) is 5.91 Å². The molecule has 5 aromatic rings. The Balaban J connectivity index is 1.01. The molecule has 7 atom stereocenters. The van der Waals surface area contributed by atoms with Crippen LogP contribution in [0.1, 0.15) is 111 Å². The number of aromatic nitrogens is 2. The summed E-state index contributed by atoms with van der Waals surface area (Å²) in [4.78, 5) is 38.3. The third-order valence-corrected chi connectivity index (χ3v) is 12.4. The predicted octanol–water partition coefficient (Wildman–Crippen LogP) is 8.45.